The summed E-state index contributed by atoms with van der Waals surface area (Å²) in [5, 5.41) is 7.08. The highest BCUT2D eigenvalue weighted by Gasteiger charge is 2.15. The number of carbonyl (C=O) groups excluding carboxylic acids is 1. The van der Waals surface area contributed by atoms with Gasteiger partial charge >= 0.3 is 0 Å². The number of hydrogen-bond donors (Lipinski definition) is 1. The summed E-state index contributed by atoms with van der Waals surface area (Å²) >= 11 is 0. The third kappa shape index (κ3) is 4.88. The van der Waals surface area contributed by atoms with Gasteiger partial charge in [-0.25, -0.2) is 14.6 Å². The van der Waals surface area contributed by atoms with Gasteiger partial charge < -0.3 is 15.0 Å². The molecule has 0 atom stereocenters. The lowest BCUT2D eigenvalue weighted by atomic mass is 10.1. The summed E-state index contributed by atoms with van der Waals surface area (Å²) in [4.78, 5) is 35.5. The molecule has 0 aliphatic carbocycles. The molecule has 3 heterocycles. The molecule has 1 amide bonds. The highest BCUT2D eigenvalue weighted by atomic mass is 16.5. The molecule has 0 radical (unpaired) electrons. The smallest absolute Gasteiger partial charge is 0.267 e. The van der Waals surface area contributed by atoms with Gasteiger partial charge in [0, 0.05) is 30.8 Å². The Balaban J connectivity index is 1.49. The number of anilines is 2. The number of rotatable bonds is 6. The normalized spacial score (nSPS) is 13.6. The van der Waals surface area contributed by atoms with E-state index in [1.165, 1.54) is 18.8 Å². The minimum absolute atomic E-state index is 0.231. The van der Waals surface area contributed by atoms with Crippen LogP contribution in [-0.2, 0) is 11.3 Å². The second-order valence-corrected chi connectivity index (χ2v) is 7.27. The quantitative estimate of drug-likeness (QED) is 0.653. The van der Waals surface area contributed by atoms with Gasteiger partial charge in [-0.1, -0.05) is 12.1 Å². The van der Waals surface area contributed by atoms with Crippen molar-refractivity contribution in [2.75, 3.05) is 30.4 Å². The third-order valence-electron chi connectivity index (χ3n) is 5.14. The average Bonchev–Trinajstić information content (AvgIpc) is 2.81. The second-order valence-electron chi connectivity index (χ2n) is 7.27. The summed E-state index contributed by atoms with van der Waals surface area (Å²) < 4.78 is 6.50. The van der Waals surface area contributed by atoms with E-state index in [4.69, 9.17) is 4.74 Å². The molecule has 9 nitrogen and oxygen atoms in total. The van der Waals surface area contributed by atoms with E-state index in [1.807, 2.05) is 24.3 Å². The van der Waals surface area contributed by atoms with Crippen molar-refractivity contribution >= 4 is 17.5 Å². The molecule has 0 unspecified atom stereocenters. The molecule has 0 saturated carbocycles. The summed E-state index contributed by atoms with van der Waals surface area (Å²) in [5.74, 6) is 1.43. The van der Waals surface area contributed by atoms with E-state index in [0.29, 0.717) is 17.3 Å². The highest BCUT2D eigenvalue weighted by Crippen LogP contribution is 2.27. The van der Waals surface area contributed by atoms with Crippen LogP contribution in [0.25, 0.3) is 11.3 Å². The maximum absolute atomic E-state index is 12.6. The van der Waals surface area contributed by atoms with E-state index in [0.717, 1.165) is 42.0 Å². The van der Waals surface area contributed by atoms with Crippen LogP contribution < -0.4 is 20.5 Å². The minimum atomic E-state index is -0.393. The van der Waals surface area contributed by atoms with E-state index in [2.05, 4.69) is 25.3 Å². The lowest BCUT2D eigenvalue weighted by molar-refractivity contribution is -0.117. The van der Waals surface area contributed by atoms with E-state index < -0.39 is 5.91 Å². The molecule has 3 aromatic rings. The van der Waals surface area contributed by atoms with Crippen LogP contribution in [-0.4, -0.2) is 45.9 Å². The fourth-order valence-electron chi connectivity index (χ4n) is 3.59. The average molecular weight is 420 g/mol. The Morgan fingerprint density at radius 2 is 1.90 bits per heavy atom. The topological polar surface area (TPSA) is 102 Å². The molecule has 0 spiro atoms. The first kappa shape index (κ1) is 20.5. The van der Waals surface area contributed by atoms with Gasteiger partial charge in [0.1, 0.15) is 30.3 Å². The number of benzene rings is 1. The second kappa shape index (κ2) is 9.38. The van der Waals surface area contributed by atoms with Gasteiger partial charge in [0.25, 0.3) is 5.56 Å². The number of methoxy groups -OCH3 is 1. The van der Waals surface area contributed by atoms with Crippen molar-refractivity contribution in [2.45, 2.75) is 25.8 Å². The lowest BCUT2D eigenvalue weighted by Gasteiger charge is -2.27. The molecule has 160 valence electrons. The van der Waals surface area contributed by atoms with Crippen molar-refractivity contribution in [3.63, 3.8) is 0 Å². The lowest BCUT2D eigenvalue weighted by Crippen LogP contribution is -2.31. The number of ether oxygens (including phenoxy) is 1. The predicted octanol–water partition coefficient (Wildman–Crippen LogP) is 2.34. The molecule has 0 bridgehead atoms. The number of carbonyl (C=O) groups is 1. The Labute approximate surface area is 179 Å². The zero-order valence-corrected chi connectivity index (χ0v) is 17.3. The van der Waals surface area contributed by atoms with Crippen LogP contribution in [0, 0.1) is 0 Å². The standard InChI is InChI=1S/C22H24N6O3/c1-31-18-8-4-3-7-16(18)17-9-10-22(30)28(26-17)14-21(29)25-19-13-20(24-15-23-19)27-11-5-2-6-12-27/h3-4,7-10,13,15H,2,5-6,11-12,14H2,1H3,(H,23,24,25,29). The van der Waals surface area contributed by atoms with E-state index in [9.17, 15) is 9.59 Å². The van der Waals surface area contributed by atoms with Crippen molar-refractivity contribution in [3.05, 3.63) is 59.1 Å². The van der Waals surface area contributed by atoms with Crippen LogP contribution >= 0.6 is 0 Å². The molecule has 1 aromatic carbocycles. The molecular formula is C22H24N6O3. The van der Waals surface area contributed by atoms with Crippen molar-refractivity contribution < 1.29 is 9.53 Å². The van der Waals surface area contributed by atoms with Crippen LogP contribution in [0.3, 0.4) is 0 Å². The first-order chi connectivity index (χ1) is 15.1. The Hall–Kier alpha value is -3.75. The number of amides is 1. The first-order valence-electron chi connectivity index (χ1n) is 10.2. The number of piperidine rings is 1. The van der Waals surface area contributed by atoms with Gasteiger partial charge in [0.15, 0.2) is 0 Å². The minimum Gasteiger partial charge on any atom is -0.496 e. The summed E-state index contributed by atoms with van der Waals surface area (Å²) in [6.45, 7) is 1.66. The van der Waals surface area contributed by atoms with Crippen LogP contribution in [0.15, 0.2) is 53.6 Å². The number of nitrogens with zero attached hydrogens (tertiary/aromatic N) is 5. The molecule has 1 N–H and O–H groups in total. The SMILES string of the molecule is COc1ccccc1-c1ccc(=O)n(CC(=O)Nc2cc(N3CCCCC3)ncn2)n1. The molecule has 1 aliphatic heterocycles. The van der Waals surface area contributed by atoms with Crippen molar-refractivity contribution in [3.8, 4) is 17.0 Å². The zero-order valence-electron chi connectivity index (χ0n) is 17.3. The van der Waals surface area contributed by atoms with Crippen molar-refractivity contribution in [1.29, 1.82) is 0 Å². The summed E-state index contributed by atoms with van der Waals surface area (Å²) in [5.41, 5.74) is 0.908. The fraction of sp³-hybridized carbons (Fsp3) is 0.318. The molecule has 1 aliphatic rings. The van der Waals surface area contributed by atoms with E-state index >= 15 is 0 Å². The number of nitrogens with one attached hydrogen (secondary N) is 1. The van der Waals surface area contributed by atoms with Gasteiger partial charge in [0.05, 0.1) is 12.8 Å². The molecule has 2 aromatic heterocycles. The number of para-hydroxylation sites is 1. The Bertz CT molecular complexity index is 1120. The maximum atomic E-state index is 12.6. The summed E-state index contributed by atoms with van der Waals surface area (Å²) in [6, 6.07) is 12.1. The van der Waals surface area contributed by atoms with Crippen LogP contribution in [0.4, 0.5) is 11.6 Å². The summed E-state index contributed by atoms with van der Waals surface area (Å²) in [7, 11) is 1.57. The predicted molar refractivity (Wildman–Crippen MR) is 117 cm³/mol. The van der Waals surface area contributed by atoms with Crippen LogP contribution in [0.2, 0.25) is 0 Å². The monoisotopic (exact) mass is 420 g/mol. The maximum Gasteiger partial charge on any atom is 0.267 e. The Morgan fingerprint density at radius 3 is 2.71 bits per heavy atom. The molecule has 9 heteroatoms. The van der Waals surface area contributed by atoms with Gasteiger partial charge in [-0.05, 0) is 37.5 Å². The van der Waals surface area contributed by atoms with Gasteiger partial charge in [0.2, 0.25) is 5.91 Å². The van der Waals surface area contributed by atoms with Crippen LogP contribution in [0.5, 0.6) is 5.75 Å². The highest BCUT2D eigenvalue weighted by molar-refractivity contribution is 5.89. The molecule has 31 heavy (non-hydrogen) atoms. The zero-order chi connectivity index (χ0) is 21.6. The van der Waals surface area contributed by atoms with Crippen LogP contribution in [0.1, 0.15) is 19.3 Å². The molecule has 4 rings (SSSR count). The molecule has 1 saturated heterocycles. The Kier molecular flexibility index (Phi) is 6.21. The largest absolute Gasteiger partial charge is 0.496 e. The van der Waals surface area contributed by atoms with Gasteiger partial charge in [-0.15, -0.1) is 0 Å². The number of aromatic nitrogens is 4. The number of hydrogen-bond acceptors (Lipinski definition) is 7. The fourth-order valence-corrected chi connectivity index (χ4v) is 3.59. The van der Waals surface area contributed by atoms with Gasteiger partial charge in [-0.3, -0.25) is 9.59 Å². The van der Waals surface area contributed by atoms with E-state index in [1.54, 1.807) is 19.2 Å². The van der Waals surface area contributed by atoms with E-state index in [-0.39, 0.29) is 12.1 Å². The van der Waals surface area contributed by atoms with Crippen molar-refractivity contribution in [2.24, 2.45) is 0 Å². The van der Waals surface area contributed by atoms with Crippen molar-refractivity contribution in [1.82, 2.24) is 19.7 Å². The molecule has 1 fully saturated rings. The molecular weight excluding hydrogens is 396 g/mol. The Morgan fingerprint density at radius 1 is 1.10 bits per heavy atom. The third-order valence-corrected chi connectivity index (χ3v) is 5.14. The van der Waals surface area contributed by atoms with Gasteiger partial charge in [-0.2, -0.15) is 5.10 Å². The first-order valence-corrected chi connectivity index (χ1v) is 10.2. The summed E-state index contributed by atoms with van der Waals surface area (Å²) in [6.07, 6.45) is 4.92.